The number of carbonyl (C=O) groups is 1. The summed E-state index contributed by atoms with van der Waals surface area (Å²) in [5.41, 5.74) is 0. The Hall–Kier alpha value is -0.610. The molecule has 4 fully saturated rings. The fourth-order valence-corrected chi connectivity index (χ4v) is 3.80. The molecule has 4 heteroatoms. The Morgan fingerprint density at radius 1 is 1.31 bits per heavy atom. The van der Waals surface area contributed by atoms with Gasteiger partial charge in [-0.1, -0.05) is 0 Å². The Morgan fingerprint density at radius 2 is 2.12 bits per heavy atom. The number of hydrogen-bond acceptors (Lipinski definition) is 3. The van der Waals surface area contributed by atoms with Gasteiger partial charge < -0.3 is 9.64 Å². The lowest BCUT2D eigenvalue weighted by atomic mass is 10.0. The lowest BCUT2D eigenvalue weighted by molar-refractivity contribution is -0.134. The minimum atomic E-state index is 0.283. The van der Waals surface area contributed by atoms with Gasteiger partial charge in [0.25, 0.3) is 0 Å². The van der Waals surface area contributed by atoms with Crippen LogP contribution in [0.1, 0.15) is 19.3 Å². The van der Waals surface area contributed by atoms with E-state index in [4.69, 9.17) is 4.74 Å². The zero-order chi connectivity index (χ0) is 10.9. The van der Waals surface area contributed by atoms with Gasteiger partial charge in [-0.2, -0.15) is 0 Å². The number of fused-ring (bicyclic) bond motifs is 1. The van der Waals surface area contributed by atoms with Crippen LogP contribution in [0.15, 0.2) is 0 Å². The quantitative estimate of drug-likeness (QED) is 0.663. The largest absolute Gasteiger partial charge is 0.370 e. The highest BCUT2D eigenvalue weighted by molar-refractivity contribution is 5.81. The van der Waals surface area contributed by atoms with Gasteiger partial charge in [0.2, 0.25) is 5.91 Å². The molecule has 4 rings (SSSR count). The summed E-state index contributed by atoms with van der Waals surface area (Å²) in [6.07, 6.45) is 4.03. The number of hydrogen-bond donors (Lipinski definition) is 0. The maximum absolute atomic E-state index is 12.1. The first-order valence-electron chi connectivity index (χ1n) is 6.42. The molecule has 0 spiro atoms. The van der Waals surface area contributed by atoms with Crippen LogP contribution in [-0.2, 0) is 9.53 Å². The Bertz CT molecular complexity index is 328. The van der Waals surface area contributed by atoms with Crippen LogP contribution in [0, 0.1) is 5.92 Å². The van der Waals surface area contributed by atoms with Crippen LogP contribution in [0.5, 0.6) is 0 Å². The van der Waals surface area contributed by atoms with E-state index in [0.717, 1.165) is 32.4 Å². The van der Waals surface area contributed by atoms with Crippen LogP contribution in [-0.4, -0.2) is 60.1 Å². The van der Waals surface area contributed by atoms with Crippen molar-refractivity contribution >= 4 is 5.91 Å². The molecule has 3 aliphatic heterocycles. The van der Waals surface area contributed by atoms with Crippen LogP contribution in [0.2, 0.25) is 0 Å². The third-order valence-electron chi connectivity index (χ3n) is 4.72. The normalized spacial score (nSPS) is 45.3. The predicted molar refractivity (Wildman–Crippen MR) is 57.9 cm³/mol. The Labute approximate surface area is 95.5 Å². The molecule has 0 aromatic carbocycles. The number of nitrogens with zero attached hydrogens (tertiary/aromatic N) is 2. The Balaban J connectivity index is 1.58. The zero-order valence-corrected chi connectivity index (χ0v) is 9.63. The lowest BCUT2D eigenvalue weighted by Crippen LogP contribution is -2.46. The second-order valence-corrected chi connectivity index (χ2v) is 5.70. The van der Waals surface area contributed by atoms with Crippen LogP contribution in [0.25, 0.3) is 0 Å². The molecule has 1 amide bonds. The molecule has 0 aromatic heterocycles. The monoisotopic (exact) mass is 222 g/mol. The molecule has 3 saturated heterocycles. The van der Waals surface area contributed by atoms with Gasteiger partial charge >= 0.3 is 0 Å². The van der Waals surface area contributed by atoms with Crippen molar-refractivity contribution in [1.29, 1.82) is 0 Å². The molecule has 4 nitrogen and oxygen atoms in total. The van der Waals surface area contributed by atoms with Crippen LogP contribution in [0.3, 0.4) is 0 Å². The van der Waals surface area contributed by atoms with E-state index in [1.807, 2.05) is 11.9 Å². The highest BCUT2D eigenvalue weighted by Crippen LogP contribution is 2.43. The third kappa shape index (κ3) is 1.09. The van der Waals surface area contributed by atoms with Gasteiger partial charge in [-0.25, -0.2) is 0 Å². The number of morpholine rings is 1. The smallest absolute Gasteiger partial charge is 0.225 e. The van der Waals surface area contributed by atoms with Gasteiger partial charge in [0.05, 0.1) is 24.3 Å². The molecule has 1 saturated carbocycles. The molecular formula is C12H18N2O2. The summed E-state index contributed by atoms with van der Waals surface area (Å²) < 4.78 is 6.00. The van der Waals surface area contributed by atoms with E-state index in [2.05, 4.69) is 4.90 Å². The molecule has 0 radical (unpaired) electrons. The van der Waals surface area contributed by atoms with Gasteiger partial charge in [-0.15, -0.1) is 0 Å². The first-order chi connectivity index (χ1) is 7.75. The van der Waals surface area contributed by atoms with Gasteiger partial charge in [0, 0.05) is 26.1 Å². The molecule has 3 heterocycles. The predicted octanol–water partition coefficient (Wildman–Crippen LogP) is 0.0787. The van der Waals surface area contributed by atoms with E-state index < -0.39 is 0 Å². The summed E-state index contributed by atoms with van der Waals surface area (Å²) in [4.78, 5) is 16.6. The van der Waals surface area contributed by atoms with Crippen molar-refractivity contribution in [2.45, 2.75) is 43.6 Å². The molecule has 0 aromatic rings. The fourth-order valence-electron chi connectivity index (χ4n) is 3.80. The second kappa shape index (κ2) is 2.99. The van der Waals surface area contributed by atoms with Gasteiger partial charge in [-0.05, 0) is 19.3 Å². The Kier molecular flexibility index (Phi) is 1.76. The van der Waals surface area contributed by atoms with E-state index in [9.17, 15) is 4.79 Å². The zero-order valence-electron chi connectivity index (χ0n) is 9.63. The number of likely N-dealkylation sites (N-methyl/N-ethyl adjacent to an activating group) is 1. The number of ether oxygens (including phenoxy) is 1. The molecule has 16 heavy (non-hydrogen) atoms. The molecule has 88 valence electrons. The molecule has 4 aliphatic rings. The van der Waals surface area contributed by atoms with E-state index in [1.54, 1.807) is 0 Å². The summed E-state index contributed by atoms with van der Waals surface area (Å²) in [6.45, 7) is 2.20. The lowest BCUT2D eigenvalue weighted by Gasteiger charge is -2.27. The van der Waals surface area contributed by atoms with Gasteiger partial charge in [0.15, 0.2) is 0 Å². The van der Waals surface area contributed by atoms with E-state index in [-0.39, 0.29) is 6.10 Å². The van der Waals surface area contributed by atoms with Crippen molar-refractivity contribution < 1.29 is 9.53 Å². The van der Waals surface area contributed by atoms with Crippen molar-refractivity contribution in [3.63, 3.8) is 0 Å². The van der Waals surface area contributed by atoms with E-state index in [1.165, 1.54) is 0 Å². The van der Waals surface area contributed by atoms with Crippen LogP contribution >= 0.6 is 0 Å². The molecule has 4 atom stereocenters. The number of carbonyl (C=O) groups excluding carboxylic acids is 1. The third-order valence-corrected chi connectivity index (χ3v) is 4.72. The van der Waals surface area contributed by atoms with Crippen molar-refractivity contribution in [1.82, 2.24) is 9.80 Å². The molecule has 0 N–H and O–H groups in total. The average Bonchev–Trinajstić information content (AvgIpc) is 2.92. The topological polar surface area (TPSA) is 32.8 Å². The maximum atomic E-state index is 12.1. The van der Waals surface area contributed by atoms with Crippen LogP contribution in [0.4, 0.5) is 0 Å². The summed E-state index contributed by atoms with van der Waals surface area (Å²) >= 11 is 0. The summed E-state index contributed by atoms with van der Waals surface area (Å²) in [5, 5.41) is 0. The van der Waals surface area contributed by atoms with Crippen molar-refractivity contribution in [3.8, 4) is 0 Å². The standard InChI is InChI=1S/C12H18N2O2/c1-13(12(15)7-2-3-7)10-9-6-14-5-4-8(16-9)11(10)14/h7-11H,2-6H2,1H3/t8-,9-,10+,11+/m0/s1. The van der Waals surface area contributed by atoms with Crippen molar-refractivity contribution in [3.05, 3.63) is 0 Å². The summed E-state index contributed by atoms with van der Waals surface area (Å²) in [7, 11) is 1.98. The van der Waals surface area contributed by atoms with Crippen molar-refractivity contribution in [2.24, 2.45) is 5.92 Å². The molecular weight excluding hydrogens is 204 g/mol. The fraction of sp³-hybridized carbons (Fsp3) is 0.917. The SMILES string of the molecule is CN(C(=O)C1CC1)[C@H]1[C@H]2[C@@H]3CCN2C[C@@H]1O3. The number of amides is 1. The highest BCUT2D eigenvalue weighted by atomic mass is 16.5. The minimum absolute atomic E-state index is 0.283. The maximum Gasteiger partial charge on any atom is 0.225 e. The summed E-state index contributed by atoms with van der Waals surface area (Å²) in [5.74, 6) is 0.686. The van der Waals surface area contributed by atoms with E-state index in [0.29, 0.717) is 30.0 Å². The molecule has 1 aliphatic carbocycles. The minimum Gasteiger partial charge on any atom is -0.370 e. The number of rotatable bonds is 2. The second-order valence-electron chi connectivity index (χ2n) is 5.70. The van der Waals surface area contributed by atoms with Gasteiger partial charge in [0.1, 0.15) is 0 Å². The summed E-state index contributed by atoms with van der Waals surface area (Å²) in [6, 6.07) is 0.832. The molecule has 2 bridgehead atoms. The highest BCUT2D eigenvalue weighted by Gasteiger charge is 2.59. The Morgan fingerprint density at radius 3 is 2.81 bits per heavy atom. The average molecular weight is 222 g/mol. The first-order valence-corrected chi connectivity index (χ1v) is 6.42. The molecule has 0 unspecified atom stereocenters. The van der Waals surface area contributed by atoms with E-state index >= 15 is 0 Å². The van der Waals surface area contributed by atoms with Gasteiger partial charge in [-0.3, -0.25) is 9.69 Å². The van der Waals surface area contributed by atoms with Crippen LogP contribution < -0.4 is 0 Å². The first kappa shape index (κ1) is 9.42. The van der Waals surface area contributed by atoms with Crippen molar-refractivity contribution in [2.75, 3.05) is 20.1 Å².